The predicted molar refractivity (Wildman–Crippen MR) is 70.7 cm³/mol. The summed E-state index contributed by atoms with van der Waals surface area (Å²) in [5.41, 5.74) is 2.66. The lowest BCUT2D eigenvalue weighted by Crippen LogP contribution is -2.26. The van der Waals surface area contributed by atoms with E-state index in [1.807, 2.05) is 6.92 Å². The smallest absolute Gasteiger partial charge is 0.336 e. The number of nitrogens with one attached hydrogen (secondary N) is 1. The van der Waals surface area contributed by atoms with Crippen molar-refractivity contribution < 1.29 is 18.8 Å². The lowest BCUT2D eigenvalue weighted by molar-refractivity contribution is -0.151. The largest absolute Gasteiger partial charge is 0.493 e. The number of ether oxygens (including phenoxy) is 1. The zero-order valence-electron chi connectivity index (χ0n) is 10.8. The molecule has 0 atom stereocenters. The van der Waals surface area contributed by atoms with Crippen LogP contribution in [0.4, 0.5) is 0 Å². The SMILES string of the molecule is Cc1cc(=O)oc2cc(OCCC(=O)ONN)ccc12. The maximum absolute atomic E-state index is 11.3. The molecule has 0 spiro atoms. The number of rotatable bonds is 5. The highest BCUT2D eigenvalue weighted by Crippen LogP contribution is 2.22. The van der Waals surface area contributed by atoms with Crippen LogP contribution >= 0.6 is 0 Å². The highest BCUT2D eigenvalue weighted by molar-refractivity contribution is 5.81. The first kappa shape index (κ1) is 14.0. The molecule has 0 unspecified atom stereocenters. The van der Waals surface area contributed by atoms with E-state index in [1.165, 1.54) is 6.07 Å². The molecule has 0 saturated carbocycles. The van der Waals surface area contributed by atoms with Gasteiger partial charge in [0.25, 0.3) is 0 Å². The second-order valence-corrected chi connectivity index (χ2v) is 4.10. The highest BCUT2D eigenvalue weighted by Gasteiger charge is 2.06. The van der Waals surface area contributed by atoms with E-state index in [4.69, 9.17) is 15.0 Å². The van der Waals surface area contributed by atoms with Gasteiger partial charge >= 0.3 is 11.6 Å². The second kappa shape index (κ2) is 6.18. The summed E-state index contributed by atoms with van der Waals surface area (Å²) < 4.78 is 10.5. The molecule has 0 saturated heterocycles. The summed E-state index contributed by atoms with van der Waals surface area (Å²) in [4.78, 5) is 26.7. The van der Waals surface area contributed by atoms with E-state index in [0.717, 1.165) is 10.9 Å². The van der Waals surface area contributed by atoms with Gasteiger partial charge in [-0.3, -0.25) is 4.79 Å². The van der Waals surface area contributed by atoms with E-state index < -0.39 is 11.6 Å². The topological polar surface area (TPSA) is 104 Å². The average molecular weight is 278 g/mol. The number of carbonyl (C=O) groups excluding carboxylic acids is 1. The molecule has 7 heteroatoms. The Bertz CT molecular complexity index is 680. The van der Waals surface area contributed by atoms with Gasteiger partial charge in [-0.25, -0.2) is 10.6 Å². The number of hydrazine groups is 1. The molecule has 20 heavy (non-hydrogen) atoms. The molecular formula is C13H14N2O5. The molecule has 0 aliphatic rings. The van der Waals surface area contributed by atoms with Crippen molar-refractivity contribution in [3.63, 3.8) is 0 Å². The molecule has 2 rings (SSSR count). The summed E-state index contributed by atoms with van der Waals surface area (Å²) in [7, 11) is 0. The summed E-state index contributed by atoms with van der Waals surface area (Å²) in [6.07, 6.45) is 0.0417. The first-order chi connectivity index (χ1) is 9.60. The van der Waals surface area contributed by atoms with Crippen LogP contribution in [-0.4, -0.2) is 12.6 Å². The van der Waals surface area contributed by atoms with E-state index in [2.05, 4.69) is 4.84 Å². The predicted octanol–water partition coefficient (Wildman–Crippen LogP) is 0.792. The van der Waals surface area contributed by atoms with Crippen LogP contribution in [0.1, 0.15) is 12.0 Å². The van der Waals surface area contributed by atoms with Crippen LogP contribution in [0.5, 0.6) is 5.75 Å². The zero-order chi connectivity index (χ0) is 14.5. The van der Waals surface area contributed by atoms with Crippen LogP contribution in [0.25, 0.3) is 11.0 Å². The molecule has 7 nitrogen and oxygen atoms in total. The summed E-state index contributed by atoms with van der Waals surface area (Å²) in [6.45, 7) is 1.96. The van der Waals surface area contributed by atoms with E-state index in [9.17, 15) is 9.59 Å². The molecule has 106 valence electrons. The lowest BCUT2D eigenvalue weighted by Gasteiger charge is -2.07. The van der Waals surface area contributed by atoms with Crippen LogP contribution in [-0.2, 0) is 9.63 Å². The van der Waals surface area contributed by atoms with Crippen molar-refractivity contribution in [3.8, 4) is 5.75 Å². The Kier molecular flexibility index (Phi) is 4.34. The molecule has 1 aromatic carbocycles. The quantitative estimate of drug-likeness (QED) is 0.473. The number of aryl methyl sites for hydroxylation is 1. The number of hydrogen-bond acceptors (Lipinski definition) is 7. The van der Waals surface area contributed by atoms with E-state index in [-0.39, 0.29) is 13.0 Å². The number of carbonyl (C=O) groups is 1. The number of hydrogen-bond donors (Lipinski definition) is 2. The molecule has 0 fully saturated rings. The Morgan fingerprint density at radius 2 is 2.20 bits per heavy atom. The third-order valence-electron chi connectivity index (χ3n) is 2.67. The first-order valence-corrected chi connectivity index (χ1v) is 5.93. The van der Waals surface area contributed by atoms with Crippen molar-refractivity contribution in [1.29, 1.82) is 0 Å². The summed E-state index contributed by atoms with van der Waals surface area (Å²) in [5, 5.41) is 0.837. The maximum atomic E-state index is 11.3. The minimum atomic E-state index is -0.532. The van der Waals surface area contributed by atoms with Gasteiger partial charge in [0.15, 0.2) is 0 Å². The lowest BCUT2D eigenvalue weighted by atomic mass is 10.1. The monoisotopic (exact) mass is 278 g/mol. The molecule has 3 N–H and O–H groups in total. The van der Waals surface area contributed by atoms with E-state index >= 15 is 0 Å². The summed E-state index contributed by atoms with van der Waals surface area (Å²) >= 11 is 0. The van der Waals surface area contributed by atoms with Gasteiger partial charge in [-0.15, -0.1) is 0 Å². The van der Waals surface area contributed by atoms with Gasteiger partial charge in [0.1, 0.15) is 11.3 Å². The second-order valence-electron chi connectivity index (χ2n) is 4.10. The van der Waals surface area contributed by atoms with Crippen molar-refractivity contribution in [3.05, 3.63) is 40.2 Å². The molecular weight excluding hydrogens is 264 g/mol. The highest BCUT2D eigenvalue weighted by atomic mass is 16.7. The Balaban J connectivity index is 2.08. The number of nitrogens with two attached hydrogens (primary N) is 1. The zero-order valence-corrected chi connectivity index (χ0v) is 10.8. The maximum Gasteiger partial charge on any atom is 0.336 e. The van der Waals surface area contributed by atoms with Gasteiger partial charge in [0.05, 0.1) is 13.0 Å². The minimum Gasteiger partial charge on any atom is -0.493 e. The summed E-state index contributed by atoms with van der Waals surface area (Å²) in [5.74, 6) is 4.79. The first-order valence-electron chi connectivity index (χ1n) is 5.93. The van der Waals surface area contributed by atoms with E-state index in [0.29, 0.717) is 11.3 Å². The van der Waals surface area contributed by atoms with Gasteiger partial charge in [0.2, 0.25) is 0 Å². The summed E-state index contributed by atoms with van der Waals surface area (Å²) in [6, 6.07) is 6.57. The molecule has 0 radical (unpaired) electrons. The van der Waals surface area contributed by atoms with Gasteiger partial charge in [0, 0.05) is 17.5 Å². The molecule has 0 amide bonds. The molecule has 0 bridgehead atoms. The normalized spacial score (nSPS) is 10.5. The number of benzene rings is 1. The average Bonchev–Trinajstić information content (AvgIpc) is 2.38. The molecule has 0 aliphatic heterocycles. The molecule has 1 aromatic heterocycles. The van der Waals surface area contributed by atoms with Gasteiger partial charge in [-0.1, -0.05) is 5.59 Å². The van der Waals surface area contributed by atoms with Crippen LogP contribution in [0.2, 0.25) is 0 Å². The van der Waals surface area contributed by atoms with Crippen molar-refractivity contribution in [2.24, 2.45) is 5.84 Å². The van der Waals surface area contributed by atoms with Crippen molar-refractivity contribution in [2.45, 2.75) is 13.3 Å². The Morgan fingerprint density at radius 1 is 1.40 bits per heavy atom. The fraction of sp³-hybridized carbons (Fsp3) is 0.231. The fourth-order valence-corrected chi connectivity index (χ4v) is 1.76. The van der Waals surface area contributed by atoms with Gasteiger partial charge in [-0.05, 0) is 24.6 Å². The standard InChI is InChI=1S/C13H14N2O5/c1-8-6-13(17)19-11-7-9(2-3-10(8)11)18-5-4-12(16)20-15-14/h2-3,6-7,15H,4-5,14H2,1H3. The number of fused-ring (bicyclic) bond motifs is 1. The Hall–Kier alpha value is -2.38. The van der Waals surface area contributed by atoms with Crippen molar-refractivity contribution >= 4 is 16.9 Å². The van der Waals surface area contributed by atoms with E-state index in [1.54, 1.807) is 23.8 Å². The Labute approximate surface area is 114 Å². The molecule has 0 aliphatic carbocycles. The van der Waals surface area contributed by atoms with Crippen LogP contribution in [0, 0.1) is 6.92 Å². The Morgan fingerprint density at radius 3 is 2.95 bits per heavy atom. The van der Waals surface area contributed by atoms with Crippen LogP contribution in [0.3, 0.4) is 0 Å². The molecule has 2 aromatic rings. The third-order valence-corrected chi connectivity index (χ3v) is 2.67. The molecule has 1 heterocycles. The van der Waals surface area contributed by atoms with Crippen LogP contribution < -0.4 is 21.8 Å². The van der Waals surface area contributed by atoms with Gasteiger partial charge in [-0.2, -0.15) is 0 Å². The minimum absolute atomic E-state index is 0.0417. The third kappa shape index (κ3) is 3.34. The van der Waals surface area contributed by atoms with Crippen molar-refractivity contribution in [1.82, 2.24) is 5.59 Å². The fourth-order valence-electron chi connectivity index (χ4n) is 1.76. The van der Waals surface area contributed by atoms with Gasteiger partial charge < -0.3 is 14.0 Å². The van der Waals surface area contributed by atoms with Crippen LogP contribution in [0.15, 0.2) is 33.5 Å². The van der Waals surface area contributed by atoms with Crippen molar-refractivity contribution in [2.75, 3.05) is 6.61 Å².